The lowest BCUT2D eigenvalue weighted by atomic mass is 10.2. The summed E-state index contributed by atoms with van der Waals surface area (Å²) in [4.78, 5) is 25.1. The molecule has 2 aromatic carbocycles. The molecule has 0 aromatic heterocycles. The van der Waals surface area contributed by atoms with E-state index in [-0.39, 0.29) is 11.8 Å². The van der Waals surface area contributed by atoms with Crippen molar-refractivity contribution in [3.63, 3.8) is 0 Å². The highest BCUT2D eigenvalue weighted by Gasteiger charge is 2.06. The molecule has 2 amide bonds. The van der Waals surface area contributed by atoms with Gasteiger partial charge in [-0.2, -0.15) is 0 Å². The summed E-state index contributed by atoms with van der Waals surface area (Å²) in [5, 5.41) is 5.54. The zero-order valence-corrected chi connectivity index (χ0v) is 13.4. The number of para-hydroxylation sites is 1. The van der Waals surface area contributed by atoms with Crippen LogP contribution in [0.2, 0.25) is 0 Å². The number of nitrogens with zero attached hydrogens (tertiary/aromatic N) is 1. The maximum Gasteiger partial charge on any atom is 0.226 e. The predicted molar refractivity (Wildman–Crippen MR) is 93.7 cm³/mol. The number of anilines is 3. The van der Waals surface area contributed by atoms with Crippen molar-refractivity contribution in [1.29, 1.82) is 0 Å². The Bertz CT molecular complexity index is 671. The van der Waals surface area contributed by atoms with Gasteiger partial charge in [0.2, 0.25) is 11.8 Å². The van der Waals surface area contributed by atoms with E-state index in [9.17, 15) is 9.59 Å². The number of carbonyl (C=O) groups excluding carboxylic acids is 2. The first-order chi connectivity index (χ1) is 11.0. The number of hydrogen-bond donors (Lipinski definition) is 2. The van der Waals surface area contributed by atoms with E-state index in [1.807, 2.05) is 42.3 Å². The van der Waals surface area contributed by atoms with Crippen LogP contribution in [0.5, 0.6) is 0 Å². The van der Waals surface area contributed by atoms with Gasteiger partial charge >= 0.3 is 0 Å². The number of carbonyl (C=O) groups is 2. The van der Waals surface area contributed by atoms with Crippen LogP contribution in [0.4, 0.5) is 17.1 Å². The summed E-state index contributed by atoms with van der Waals surface area (Å²) in [7, 11) is 1.96. The molecule has 0 spiro atoms. The summed E-state index contributed by atoms with van der Waals surface area (Å²) in [6, 6.07) is 17.0. The third kappa shape index (κ3) is 5.47. The lowest BCUT2D eigenvalue weighted by molar-refractivity contribution is -0.116. The van der Waals surface area contributed by atoms with Crippen molar-refractivity contribution in [2.45, 2.75) is 13.3 Å². The van der Waals surface area contributed by atoms with Gasteiger partial charge in [-0.1, -0.05) is 24.3 Å². The normalized spacial score (nSPS) is 10.0. The quantitative estimate of drug-likeness (QED) is 0.861. The minimum Gasteiger partial charge on any atom is -0.374 e. The van der Waals surface area contributed by atoms with E-state index in [1.54, 1.807) is 24.3 Å². The van der Waals surface area contributed by atoms with Crippen LogP contribution in [-0.4, -0.2) is 25.4 Å². The lowest BCUT2D eigenvalue weighted by Gasteiger charge is -2.18. The molecule has 2 N–H and O–H groups in total. The molecule has 23 heavy (non-hydrogen) atoms. The van der Waals surface area contributed by atoms with Crippen molar-refractivity contribution >= 4 is 28.9 Å². The first-order valence-corrected chi connectivity index (χ1v) is 7.48. The molecule has 5 heteroatoms. The highest BCUT2D eigenvalue weighted by molar-refractivity contribution is 5.93. The van der Waals surface area contributed by atoms with Crippen LogP contribution >= 0.6 is 0 Å². The predicted octanol–water partition coefficient (Wildman–Crippen LogP) is 3.11. The largest absolute Gasteiger partial charge is 0.374 e. The minimum atomic E-state index is -0.141. The van der Waals surface area contributed by atoms with Gasteiger partial charge in [0.15, 0.2) is 0 Å². The number of nitrogens with one attached hydrogen (secondary N) is 2. The zero-order valence-electron chi connectivity index (χ0n) is 13.4. The van der Waals surface area contributed by atoms with Gasteiger partial charge in [0.05, 0.1) is 0 Å². The van der Waals surface area contributed by atoms with Gasteiger partial charge in [-0.25, -0.2) is 0 Å². The summed E-state index contributed by atoms with van der Waals surface area (Å²) < 4.78 is 0. The van der Waals surface area contributed by atoms with Crippen LogP contribution < -0.4 is 15.5 Å². The highest BCUT2D eigenvalue weighted by Crippen LogP contribution is 2.16. The van der Waals surface area contributed by atoms with E-state index in [1.165, 1.54) is 6.92 Å². The Balaban J connectivity index is 1.86. The third-order valence-electron chi connectivity index (χ3n) is 3.34. The molecule has 0 fully saturated rings. The van der Waals surface area contributed by atoms with Gasteiger partial charge in [0, 0.05) is 44.0 Å². The third-order valence-corrected chi connectivity index (χ3v) is 3.34. The fourth-order valence-electron chi connectivity index (χ4n) is 2.18. The van der Waals surface area contributed by atoms with E-state index in [0.717, 1.165) is 5.69 Å². The summed E-state index contributed by atoms with van der Waals surface area (Å²) >= 11 is 0. The SMILES string of the molecule is CC(=O)Nc1cccc(NC(=O)CCN(C)c2ccccc2)c1. The van der Waals surface area contributed by atoms with Gasteiger partial charge < -0.3 is 15.5 Å². The molecule has 0 saturated heterocycles. The van der Waals surface area contributed by atoms with E-state index in [0.29, 0.717) is 24.3 Å². The molecule has 0 atom stereocenters. The number of benzene rings is 2. The molecule has 0 unspecified atom stereocenters. The van der Waals surface area contributed by atoms with Crippen LogP contribution in [0.25, 0.3) is 0 Å². The fourth-order valence-corrected chi connectivity index (χ4v) is 2.18. The summed E-state index contributed by atoms with van der Waals surface area (Å²) in [5.74, 6) is -0.203. The van der Waals surface area contributed by atoms with E-state index < -0.39 is 0 Å². The maximum absolute atomic E-state index is 12.1. The standard InChI is InChI=1S/C18H21N3O2/c1-14(22)19-15-7-6-8-16(13-15)20-18(23)11-12-21(2)17-9-4-3-5-10-17/h3-10,13H,11-12H2,1-2H3,(H,19,22)(H,20,23). The second-order valence-electron chi connectivity index (χ2n) is 5.32. The zero-order chi connectivity index (χ0) is 16.7. The molecule has 0 bridgehead atoms. The van der Waals surface area contributed by atoms with E-state index >= 15 is 0 Å². The maximum atomic E-state index is 12.1. The lowest BCUT2D eigenvalue weighted by Crippen LogP contribution is -2.23. The molecule has 0 radical (unpaired) electrons. The van der Waals surface area contributed by atoms with Crippen LogP contribution in [0, 0.1) is 0 Å². The fraction of sp³-hybridized carbons (Fsp3) is 0.222. The molecule has 2 aromatic rings. The van der Waals surface area contributed by atoms with Gasteiger partial charge in [-0.15, -0.1) is 0 Å². The Morgan fingerprint density at radius 1 is 0.957 bits per heavy atom. The molecule has 0 aliphatic carbocycles. The van der Waals surface area contributed by atoms with Crippen LogP contribution in [0.15, 0.2) is 54.6 Å². The molecule has 2 rings (SSSR count). The van der Waals surface area contributed by atoms with Crippen molar-refractivity contribution in [2.24, 2.45) is 0 Å². The monoisotopic (exact) mass is 311 g/mol. The Labute approximate surface area is 136 Å². The molecule has 5 nitrogen and oxygen atoms in total. The number of rotatable bonds is 6. The van der Waals surface area contributed by atoms with Gasteiger partial charge in [-0.05, 0) is 30.3 Å². The second kappa shape index (κ2) is 7.98. The molecular weight excluding hydrogens is 290 g/mol. The Hall–Kier alpha value is -2.82. The molecule has 0 aliphatic rings. The van der Waals surface area contributed by atoms with Crippen molar-refractivity contribution in [3.8, 4) is 0 Å². The minimum absolute atomic E-state index is 0.0623. The number of hydrogen-bond acceptors (Lipinski definition) is 3. The molecule has 0 heterocycles. The van der Waals surface area contributed by atoms with Crippen molar-refractivity contribution < 1.29 is 9.59 Å². The van der Waals surface area contributed by atoms with Crippen LogP contribution in [0.3, 0.4) is 0 Å². The molecular formula is C18H21N3O2. The average Bonchev–Trinajstić information content (AvgIpc) is 2.53. The van der Waals surface area contributed by atoms with Crippen LogP contribution in [0.1, 0.15) is 13.3 Å². The second-order valence-corrected chi connectivity index (χ2v) is 5.32. The van der Waals surface area contributed by atoms with Crippen molar-refractivity contribution in [2.75, 3.05) is 29.1 Å². The van der Waals surface area contributed by atoms with Gasteiger partial charge in [-0.3, -0.25) is 9.59 Å². The van der Waals surface area contributed by atoms with Crippen molar-refractivity contribution in [3.05, 3.63) is 54.6 Å². The van der Waals surface area contributed by atoms with Gasteiger partial charge in [0.25, 0.3) is 0 Å². The Kier molecular flexibility index (Phi) is 5.74. The summed E-state index contributed by atoms with van der Waals surface area (Å²) in [5.41, 5.74) is 2.41. The summed E-state index contributed by atoms with van der Waals surface area (Å²) in [6.45, 7) is 2.08. The topological polar surface area (TPSA) is 61.4 Å². The van der Waals surface area contributed by atoms with Gasteiger partial charge in [0.1, 0.15) is 0 Å². The number of amides is 2. The highest BCUT2D eigenvalue weighted by atomic mass is 16.2. The van der Waals surface area contributed by atoms with Crippen molar-refractivity contribution in [1.82, 2.24) is 0 Å². The summed E-state index contributed by atoms with van der Waals surface area (Å²) in [6.07, 6.45) is 0.385. The molecule has 0 saturated carbocycles. The van der Waals surface area contributed by atoms with E-state index in [4.69, 9.17) is 0 Å². The first kappa shape index (κ1) is 16.5. The molecule has 0 aliphatic heterocycles. The first-order valence-electron chi connectivity index (χ1n) is 7.48. The van der Waals surface area contributed by atoms with Crippen LogP contribution in [-0.2, 0) is 9.59 Å². The smallest absolute Gasteiger partial charge is 0.226 e. The molecule has 120 valence electrons. The van der Waals surface area contributed by atoms with E-state index in [2.05, 4.69) is 10.6 Å². The average molecular weight is 311 g/mol. The Morgan fingerprint density at radius 3 is 2.26 bits per heavy atom. The Morgan fingerprint density at radius 2 is 1.61 bits per heavy atom.